The predicted octanol–water partition coefficient (Wildman–Crippen LogP) is 8.10. The topological polar surface area (TPSA) is 179 Å². The summed E-state index contributed by atoms with van der Waals surface area (Å²) in [6.45, 7) is 9.05. The van der Waals surface area contributed by atoms with E-state index in [-0.39, 0.29) is 11.8 Å². The average Bonchev–Trinajstić information content (AvgIpc) is 3.44. The molecular formula is C57H76N5O9P. The van der Waals surface area contributed by atoms with Crippen LogP contribution in [-0.4, -0.2) is 152 Å². The van der Waals surface area contributed by atoms with E-state index >= 15 is 0 Å². The van der Waals surface area contributed by atoms with Gasteiger partial charge in [-0.15, -0.1) is 7.92 Å². The smallest absolute Gasteiger partial charge is 0.292 e. The molecule has 5 N–H and O–H groups in total. The minimum absolute atomic E-state index is 0.0727. The van der Waals surface area contributed by atoms with Crippen LogP contribution in [0.4, 0.5) is 5.69 Å². The number of phenolic OH excluding ortho intramolecular Hbond substituents is 1. The summed E-state index contributed by atoms with van der Waals surface area (Å²) in [6.07, 6.45) is 11.2. The molecule has 0 radical (unpaired) electrons. The highest BCUT2D eigenvalue weighted by Gasteiger charge is 2.24. The number of phenols is 1. The van der Waals surface area contributed by atoms with E-state index in [0.717, 1.165) is 74.1 Å². The lowest BCUT2D eigenvalue weighted by atomic mass is 9.99. The van der Waals surface area contributed by atoms with E-state index in [1.807, 2.05) is 67.7 Å². The van der Waals surface area contributed by atoms with Gasteiger partial charge in [-0.2, -0.15) is 0 Å². The lowest BCUT2D eigenvalue weighted by Gasteiger charge is -2.39. The van der Waals surface area contributed by atoms with Crippen molar-refractivity contribution in [1.29, 1.82) is 0 Å². The van der Waals surface area contributed by atoms with Crippen LogP contribution in [-0.2, 0) is 25.7 Å². The van der Waals surface area contributed by atoms with Crippen molar-refractivity contribution in [2.24, 2.45) is 0 Å². The van der Waals surface area contributed by atoms with Crippen LogP contribution < -0.4 is 20.7 Å². The van der Waals surface area contributed by atoms with Crippen molar-refractivity contribution in [2.75, 3.05) is 112 Å². The predicted molar refractivity (Wildman–Crippen MR) is 292 cm³/mol. The molecule has 5 aromatic carbocycles. The zero-order valence-corrected chi connectivity index (χ0v) is 43.6. The van der Waals surface area contributed by atoms with Crippen LogP contribution in [0.15, 0.2) is 127 Å². The van der Waals surface area contributed by atoms with E-state index in [0.29, 0.717) is 56.2 Å². The quantitative estimate of drug-likeness (QED) is 0.0139. The molecule has 0 aromatic heterocycles. The third-order valence-electron chi connectivity index (χ3n) is 11.7. The number of carbonyl (C=O) groups excluding carboxylic acids is 4. The summed E-state index contributed by atoms with van der Waals surface area (Å²) in [5.41, 5.74) is 6.55. The summed E-state index contributed by atoms with van der Waals surface area (Å²) < 4.78 is 14.8. The molecule has 5 aromatic rings. The van der Waals surface area contributed by atoms with E-state index in [4.69, 9.17) is 14.3 Å². The van der Waals surface area contributed by atoms with Gasteiger partial charge in [0.05, 0.1) is 24.9 Å². The number of hydrogen-bond donors (Lipinski definition) is 5. The van der Waals surface area contributed by atoms with Gasteiger partial charge in [0, 0.05) is 70.2 Å². The Bertz CT molecular complexity index is 2260. The number of aromatic hydroxyl groups is 1. The first-order chi connectivity index (χ1) is 35.1. The van der Waals surface area contributed by atoms with Gasteiger partial charge >= 0.3 is 0 Å². The molecule has 3 aliphatic rings. The number of aldehydes is 3. The number of carbonyl (C=O) groups is 4. The molecule has 3 heterocycles. The van der Waals surface area contributed by atoms with Crippen molar-refractivity contribution in [3.8, 4) is 11.5 Å². The zero-order chi connectivity index (χ0) is 52.2. The largest absolute Gasteiger partial charge is 0.506 e. The highest BCUT2D eigenvalue weighted by atomic mass is 31.1. The molecule has 2 atom stereocenters. The molecule has 2 bridgehead atoms. The summed E-state index contributed by atoms with van der Waals surface area (Å²) in [5.74, 6) is 0.900. The normalized spacial score (nSPS) is 15.0. The molecule has 15 heteroatoms. The molecule has 0 spiro atoms. The first-order valence-corrected chi connectivity index (χ1v) is 26.2. The number of ether oxygens (including phenoxy) is 3. The van der Waals surface area contributed by atoms with E-state index in [9.17, 15) is 24.6 Å². The summed E-state index contributed by atoms with van der Waals surface area (Å²) in [6, 6.07) is 38.3. The maximum atomic E-state index is 10.7. The SMILES string of the molecule is C1CP2CCN1CC2.CNC(c1ccccc1)c1cccc(OCc2ccc(C=O)cc2)c1.CNc1c(O)ccc(C(O)CNCCCN(C)CCCOC)c1/C=C\C=O.COC=O.O=Cc1ccccc1. The fourth-order valence-corrected chi connectivity index (χ4v) is 10.1. The number of nitrogens with one attached hydrogen (secondary N) is 3. The number of nitrogens with zero attached hydrogens (tertiary/aromatic N) is 2. The van der Waals surface area contributed by atoms with Crippen LogP contribution in [0.2, 0.25) is 0 Å². The van der Waals surface area contributed by atoms with Crippen molar-refractivity contribution in [3.05, 3.63) is 166 Å². The lowest BCUT2D eigenvalue weighted by Crippen LogP contribution is -2.41. The Hall–Kier alpha value is -6.09. The van der Waals surface area contributed by atoms with Gasteiger partial charge in [-0.1, -0.05) is 103 Å². The molecule has 72 heavy (non-hydrogen) atoms. The number of methoxy groups -OCH3 is 2. The summed E-state index contributed by atoms with van der Waals surface area (Å²) >= 11 is 0. The van der Waals surface area contributed by atoms with Crippen LogP contribution in [0, 0.1) is 0 Å². The summed E-state index contributed by atoms with van der Waals surface area (Å²) in [7, 11) is 9.31. The highest BCUT2D eigenvalue weighted by Crippen LogP contribution is 2.41. The summed E-state index contributed by atoms with van der Waals surface area (Å²) in [5, 5.41) is 30.1. The second-order valence-corrected chi connectivity index (χ2v) is 19.5. The number of anilines is 1. The van der Waals surface area contributed by atoms with Gasteiger partial charge in [0.2, 0.25) is 0 Å². The Labute approximate surface area is 428 Å². The van der Waals surface area contributed by atoms with Crippen LogP contribution in [0.1, 0.15) is 73.5 Å². The number of hydrogen-bond acceptors (Lipinski definition) is 14. The molecular weight excluding hydrogens is 930 g/mol. The van der Waals surface area contributed by atoms with E-state index in [1.165, 1.54) is 44.4 Å². The number of allylic oxidation sites excluding steroid dienone is 1. The molecule has 0 amide bonds. The second-order valence-electron chi connectivity index (χ2n) is 16.8. The molecule has 14 nitrogen and oxygen atoms in total. The molecule has 388 valence electrons. The minimum atomic E-state index is -0.747. The first kappa shape index (κ1) is 60.2. The van der Waals surface area contributed by atoms with Crippen molar-refractivity contribution < 1.29 is 43.6 Å². The van der Waals surface area contributed by atoms with Crippen molar-refractivity contribution in [1.82, 2.24) is 20.4 Å². The number of rotatable bonds is 23. The Morgan fingerprint density at radius 1 is 0.764 bits per heavy atom. The summed E-state index contributed by atoms with van der Waals surface area (Å²) in [4.78, 5) is 45.2. The van der Waals surface area contributed by atoms with Crippen LogP contribution in [0.25, 0.3) is 6.08 Å². The standard InChI is InChI=1S/C22H21NO2.C20H33N3O4.C7H6O.C6H12NP.C2H4O2/c1-23-22(19-6-3-2-4-7-19)20-8-5-9-21(14-20)25-16-18-12-10-17(15-24)11-13-18;1-21-20-17(7-4-13-24)16(8-9-18(20)25)19(26)15-22-10-5-11-23(2)12-6-14-27-3;8-6-7-4-2-1-3-5-7;1-4-8-5-2-7(1)3-6-8;1-4-2-3/h2-15,22-23H,16H2,1H3;4,7-9,13,19,21-22,25-26H,5-6,10-12,14-15H2,1-3H3;1-6H;1-6H2;2H,1H3/b;7-4-;;;. The maximum absolute atomic E-state index is 10.7. The number of aliphatic hydroxyl groups is 1. The van der Waals surface area contributed by atoms with Crippen molar-refractivity contribution in [2.45, 2.75) is 31.6 Å². The molecule has 3 fully saturated rings. The fraction of sp³-hybridized carbons (Fsp3) is 0.368. The molecule has 0 aliphatic carbocycles. The van der Waals surface area contributed by atoms with Gasteiger partial charge in [-0.25, -0.2) is 0 Å². The monoisotopic (exact) mass is 1010 g/mol. The molecule has 2 unspecified atom stereocenters. The first-order valence-electron chi connectivity index (χ1n) is 24.3. The average molecular weight is 1010 g/mol. The third kappa shape index (κ3) is 23.0. The van der Waals surface area contributed by atoms with Gasteiger partial charge in [0.15, 0.2) is 0 Å². The van der Waals surface area contributed by atoms with Gasteiger partial charge < -0.3 is 50.2 Å². The zero-order valence-electron chi connectivity index (χ0n) is 42.7. The highest BCUT2D eigenvalue weighted by molar-refractivity contribution is 7.57. The minimum Gasteiger partial charge on any atom is -0.506 e. The van der Waals surface area contributed by atoms with Gasteiger partial charge in [-0.05, 0) is 111 Å². The third-order valence-corrected chi connectivity index (χ3v) is 14.2. The maximum Gasteiger partial charge on any atom is 0.292 e. The Morgan fingerprint density at radius 2 is 1.38 bits per heavy atom. The van der Waals surface area contributed by atoms with Gasteiger partial charge in [-0.3, -0.25) is 19.2 Å². The Morgan fingerprint density at radius 3 is 1.90 bits per heavy atom. The van der Waals surface area contributed by atoms with Crippen molar-refractivity contribution >= 4 is 45.0 Å². The Kier molecular flexibility index (Phi) is 30.8. The van der Waals surface area contributed by atoms with Gasteiger partial charge in [0.1, 0.15) is 37.0 Å². The second kappa shape index (κ2) is 36.8. The molecule has 3 saturated heterocycles. The van der Waals surface area contributed by atoms with Crippen LogP contribution in [0.5, 0.6) is 11.5 Å². The van der Waals surface area contributed by atoms with E-state index in [1.54, 1.807) is 69.1 Å². The Balaban J connectivity index is 0.000000275. The van der Waals surface area contributed by atoms with Crippen LogP contribution >= 0.6 is 7.92 Å². The fourth-order valence-electron chi connectivity index (χ4n) is 7.77. The van der Waals surface area contributed by atoms with E-state index in [2.05, 4.69) is 61.8 Å². The number of aliphatic hydroxyl groups excluding tert-OH is 1. The number of fused-ring (bicyclic) bond motifs is 3. The van der Waals surface area contributed by atoms with Crippen molar-refractivity contribution in [3.63, 3.8) is 0 Å². The van der Waals surface area contributed by atoms with Gasteiger partial charge in [0.25, 0.3) is 6.47 Å². The molecule has 3 aliphatic heterocycles. The molecule has 8 rings (SSSR count). The van der Waals surface area contributed by atoms with E-state index < -0.39 is 6.10 Å². The lowest BCUT2D eigenvalue weighted by molar-refractivity contribution is -0.126. The number of benzene rings is 5. The molecule has 0 saturated carbocycles. The van der Waals surface area contributed by atoms with Crippen LogP contribution in [0.3, 0.4) is 0 Å².